The van der Waals surface area contributed by atoms with Crippen molar-refractivity contribution in [1.29, 1.82) is 0 Å². The SMILES string of the molecule is CN(C(=O)c1ccc(C(C)(F)F)nc1Cl)c1nncs1. The van der Waals surface area contributed by atoms with Crippen molar-refractivity contribution < 1.29 is 13.6 Å². The van der Waals surface area contributed by atoms with Crippen LogP contribution < -0.4 is 4.90 Å². The van der Waals surface area contributed by atoms with Crippen LogP contribution in [0.2, 0.25) is 5.15 Å². The number of carbonyl (C=O) groups is 1. The molecule has 0 aliphatic rings. The van der Waals surface area contributed by atoms with Crippen molar-refractivity contribution in [3.8, 4) is 0 Å². The van der Waals surface area contributed by atoms with Crippen LogP contribution in [0.5, 0.6) is 0 Å². The average Bonchev–Trinajstić information content (AvgIpc) is 2.89. The second kappa shape index (κ2) is 5.37. The predicted molar refractivity (Wildman–Crippen MR) is 71.5 cm³/mol. The Balaban J connectivity index is 2.32. The number of pyridine rings is 1. The van der Waals surface area contributed by atoms with Gasteiger partial charge in [-0.05, 0) is 12.1 Å². The lowest BCUT2D eigenvalue weighted by Gasteiger charge is -2.15. The van der Waals surface area contributed by atoms with Crippen LogP contribution in [0.3, 0.4) is 0 Å². The van der Waals surface area contributed by atoms with E-state index in [1.807, 2.05) is 0 Å². The minimum absolute atomic E-state index is 0.0253. The Kier molecular flexibility index (Phi) is 3.96. The molecular weight excluding hydrogens is 310 g/mol. The van der Waals surface area contributed by atoms with Crippen molar-refractivity contribution in [2.24, 2.45) is 0 Å². The van der Waals surface area contributed by atoms with Gasteiger partial charge in [0.05, 0.1) is 5.56 Å². The second-order valence-corrected chi connectivity index (χ2v) is 5.18. The molecule has 2 rings (SSSR count). The van der Waals surface area contributed by atoms with Crippen LogP contribution in [-0.4, -0.2) is 28.1 Å². The molecule has 0 spiro atoms. The van der Waals surface area contributed by atoms with Crippen LogP contribution in [-0.2, 0) is 5.92 Å². The van der Waals surface area contributed by atoms with Gasteiger partial charge in [0.25, 0.3) is 11.8 Å². The van der Waals surface area contributed by atoms with E-state index in [1.54, 1.807) is 0 Å². The van der Waals surface area contributed by atoms with E-state index in [9.17, 15) is 13.6 Å². The highest BCUT2D eigenvalue weighted by molar-refractivity contribution is 7.13. The number of anilines is 1. The number of hydrogen-bond donors (Lipinski definition) is 0. The monoisotopic (exact) mass is 318 g/mol. The van der Waals surface area contributed by atoms with Crippen molar-refractivity contribution >= 4 is 34.0 Å². The van der Waals surface area contributed by atoms with Gasteiger partial charge in [-0.1, -0.05) is 22.9 Å². The topological polar surface area (TPSA) is 59.0 Å². The van der Waals surface area contributed by atoms with E-state index in [1.165, 1.54) is 34.9 Å². The van der Waals surface area contributed by atoms with E-state index in [0.29, 0.717) is 12.1 Å². The average molecular weight is 319 g/mol. The molecule has 2 heterocycles. The summed E-state index contributed by atoms with van der Waals surface area (Å²) in [5.41, 5.74) is 1.01. The third-order valence-electron chi connectivity index (χ3n) is 2.47. The van der Waals surface area contributed by atoms with Crippen molar-refractivity contribution in [3.05, 3.63) is 34.1 Å². The van der Waals surface area contributed by atoms with Gasteiger partial charge < -0.3 is 0 Å². The van der Waals surface area contributed by atoms with Gasteiger partial charge in [0.1, 0.15) is 16.4 Å². The van der Waals surface area contributed by atoms with Crippen LogP contribution >= 0.6 is 22.9 Å². The molecule has 2 aromatic heterocycles. The Bertz CT molecular complexity index is 630. The lowest BCUT2D eigenvalue weighted by atomic mass is 10.2. The lowest BCUT2D eigenvalue weighted by Crippen LogP contribution is -2.27. The molecule has 0 atom stereocenters. The highest BCUT2D eigenvalue weighted by Crippen LogP contribution is 2.28. The smallest absolute Gasteiger partial charge is 0.286 e. The van der Waals surface area contributed by atoms with Gasteiger partial charge in [-0.25, -0.2) is 4.98 Å². The first-order valence-corrected chi connectivity index (χ1v) is 6.65. The number of aromatic nitrogens is 3. The van der Waals surface area contributed by atoms with Crippen LogP contribution in [0.4, 0.5) is 13.9 Å². The first-order chi connectivity index (χ1) is 9.30. The summed E-state index contributed by atoms with van der Waals surface area (Å²) >= 11 is 6.98. The summed E-state index contributed by atoms with van der Waals surface area (Å²) in [7, 11) is 1.49. The number of hydrogen-bond acceptors (Lipinski definition) is 5. The van der Waals surface area contributed by atoms with Gasteiger partial charge in [0.2, 0.25) is 5.13 Å². The number of nitrogens with zero attached hydrogens (tertiary/aromatic N) is 4. The molecule has 9 heteroatoms. The summed E-state index contributed by atoms with van der Waals surface area (Å²) in [6, 6.07) is 2.30. The molecule has 1 amide bonds. The lowest BCUT2D eigenvalue weighted by molar-refractivity contribution is 0.0127. The summed E-state index contributed by atoms with van der Waals surface area (Å²) < 4.78 is 26.2. The van der Waals surface area contributed by atoms with Gasteiger partial charge in [0, 0.05) is 14.0 Å². The van der Waals surface area contributed by atoms with E-state index in [4.69, 9.17) is 11.6 Å². The van der Waals surface area contributed by atoms with Gasteiger partial charge in [0.15, 0.2) is 0 Å². The largest absolute Gasteiger partial charge is 0.287 e. The van der Waals surface area contributed by atoms with E-state index in [2.05, 4.69) is 15.2 Å². The van der Waals surface area contributed by atoms with Crippen molar-refractivity contribution in [2.75, 3.05) is 11.9 Å². The molecular formula is C11H9ClF2N4OS. The standard InChI is InChI=1S/C11H9ClF2N4OS/c1-11(13,14)7-4-3-6(8(12)16-7)9(19)18(2)10-17-15-5-20-10/h3-5H,1-2H3. The fraction of sp³-hybridized carbons (Fsp3) is 0.273. The predicted octanol–water partition coefficient (Wildman–Crippen LogP) is 2.97. The molecule has 0 bridgehead atoms. The zero-order chi connectivity index (χ0) is 14.9. The summed E-state index contributed by atoms with van der Waals surface area (Å²) in [6.45, 7) is 0.709. The minimum Gasteiger partial charge on any atom is -0.286 e. The Morgan fingerprint density at radius 2 is 2.15 bits per heavy atom. The van der Waals surface area contributed by atoms with Crippen LogP contribution in [0.1, 0.15) is 23.0 Å². The zero-order valence-corrected chi connectivity index (χ0v) is 12.0. The van der Waals surface area contributed by atoms with Gasteiger partial charge in [-0.2, -0.15) is 8.78 Å². The van der Waals surface area contributed by atoms with E-state index >= 15 is 0 Å². The third kappa shape index (κ3) is 2.91. The molecule has 106 valence electrons. The highest BCUT2D eigenvalue weighted by atomic mass is 35.5. The second-order valence-electron chi connectivity index (χ2n) is 4.01. The Hall–Kier alpha value is -1.67. The number of rotatable bonds is 3. The fourth-order valence-corrected chi connectivity index (χ4v) is 2.18. The molecule has 5 nitrogen and oxygen atoms in total. The summed E-state index contributed by atoms with van der Waals surface area (Å²) in [5, 5.41) is 7.45. The molecule has 0 saturated carbocycles. The molecule has 0 aromatic carbocycles. The van der Waals surface area contributed by atoms with E-state index in [-0.39, 0.29) is 10.7 Å². The number of halogens is 3. The van der Waals surface area contributed by atoms with E-state index < -0.39 is 17.5 Å². The molecule has 0 fully saturated rings. The maximum Gasteiger partial charge on any atom is 0.287 e. The Morgan fingerprint density at radius 1 is 1.45 bits per heavy atom. The quantitative estimate of drug-likeness (QED) is 0.816. The van der Waals surface area contributed by atoms with Gasteiger partial charge in [-0.3, -0.25) is 9.69 Å². The van der Waals surface area contributed by atoms with Crippen molar-refractivity contribution in [1.82, 2.24) is 15.2 Å². The first kappa shape index (κ1) is 14.7. The summed E-state index contributed by atoms with van der Waals surface area (Å²) in [5.74, 6) is -3.61. The molecule has 2 aromatic rings. The molecule has 0 N–H and O–H groups in total. The van der Waals surface area contributed by atoms with Gasteiger partial charge >= 0.3 is 0 Å². The molecule has 0 saturated heterocycles. The first-order valence-electron chi connectivity index (χ1n) is 5.40. The van der Waals surface area contributed by atoms with Crippen LogP contribution in [0.15, 0.2) is 17.6 Å². The Morgan fingerprint density at radius 3 is 2.65 bits per heavy atom. The third-order valence-corrected chi connectivity index (χ3v) is 3.52. The van der Waals surface area contributed by atoms with E-state index in [0.717, 1.165) is 6.07 Å². The zero-order valence-electron chi connectivity index (χ0n) is 10.5. The van der Waals surface area contributed by atoms with Crippen molar-refractivity contribution in [2.45, 2.75) is 12.8 Å². The van der Waals surface area contributed by atoms with Gasteiger partial charge in [-0.15, -0.1) is 10.2 Å². The maximum atomic E-state index is 13.1. The molecule has 0 aliphatic heterocycles. The fourth-order valence-electron chi connectivity index (χ4n) is 1.42. The number of carbonyl (C=O) groups excluding carboxylic acids is 1. The van der Waals surface area contributed by atoms with Crippen molar-refractivity contribution in [3.63, 3.8) is 0 Å². The Labute approximate surface area is 122 Å². The normalized spacial score (nSPS) is 11.4. The minimum atomic E-state index is -3.11. The molecule has 20 heavy (non-hydrogen) atoms. The molecule has 0 aliphatic carbocycles. The van der Waals surface area contributed by atoms with Crippen LogP contribution in [0.25, 0.3) is 0 Å². The summed E-state index contributed by atoms with van der Waals surface area (Å²) in [6.07, 6.45) is 0. The summed E-state index contributed by atoms with van der Waals surface area (Å²) in [4.78, 5) is 17.0. The number of alkyl halides is 2. The molecule has 0 radical (unpaired) electrons. The highest BCUT2D eigenvalue weighted by Gasteiger charge is 2.28. The maximum absolute atomic E-state index is 13.1. The van der Waals surface area contributed by atoms with Crippen LogP contribution in [0, 0.1) is 0 Å². The molecule has 0 unspecified atom stereocenters. The number of amides is 1.